The van der Waals surface area contributed by atoms with E-state index in [2.05, 4.69) is 16.3 Å². The summed E-state index contributed by atoms with van der Waals surface area (Å²) in [7, 11) is 1.63. The molecular formula is C24H23ClN4O2. The highest BCUT2D eigenvalue weighted by Gasteiger charge is 2.26. The maximum Gasteiger partial charge on any atom is 0.223 e. The van der Waals surface area contributed by atoms with E-state index in [1.165, 1.54) is 0 Å². The van der Waals surface area contributed by atoms with Crippen molar-refractivity contribution in [2.45, 2.75) is 19.4 Å². The normalized spacial score (nSPS) is 14.3. The Morgan fingerprint density at radius 2 is 1.97 bits per heavy atom. The van der Waals surface area contributed by atoms with E-state index in [4.69, 9.17) is 21.3 Å². The number of carbonyl (C=O) groups excluding carboxylic acids is 1. The molecule has 31 heavy (non-hydrogen) atoms. The standard InChI is InChI=1S/C24H23ClN4O2/c1-31-20-5-2-16(3-6-20)15-27-24(30)17-8-10-29(11-9-17)23-12-18(14-26)21-13-19(25)4-7-22(21)28-23/h2-7,12-13,17H,8-11,15H2,1H3,(H,27,30). The summed E-state index contributed by atoms with van der Waals surface area (Å²) in [6, 6.07) is 17.1. The number of halogens is 1. The third-order valence-electron chi connectivity index (χ3n) is 5.69. The van der Waals surface area contributed by atoms with Crippen LogP contribution in [-0.2, 0) is 11.3 Å². The Labute approximate surface area is 186 Å². The molecule has 1 aliphatic rings. The van der Waals surface area contributed by atoms with E-state index >= 15 is 0 Å². The van der Waals surface area contributed by atoms with Crippen LogP contribution in [-0.4, -0.2) is 31.1 Å². The Balaban J connectivity index is 1.37. The highest BCUT2D eigenvalue weighted by Crippen LogP contribution is 2.28. The quantitative estimate of drug-likeness (QED) is 0.647. The lowest BCUT2D eigenvalue weighted by atomic mass is 9.95. The first-order valence-electron chi connectivity index (χ1n) is 10.2. The van der Waals surface area contributed by atoms with Gasteiger partial charge in [-0.1, -0.05) is 23.7 Å². The minimum atomic E-state index is -0.0239. The second-order valence-corrected chi connectivity index (χ2v) is 8.06. The van der Waals surface area contributed by atoms with Crippen LogP contribution in [0.3, 0.4) is 0 Å². The third-order valence-corrected chi connectivity index (χ3v) is 5.93. The first kappa shape index (κ1) is 21.0. The van der Waals surface area contributed by atoms with Gasteiger partial charge in [0.1, 0.15) is 11.6 Å². The minimum absolute atomic E-state index is 0.0239. The van der Waals surface area contributed by atoms with Crippen LogP contribution in [0.5, 0.6) is 5.75 Å². The average molecular weight is 435 g/mol. The van der Waals surface area contributed by atoms with E-state index in [1.807, 2.05) is 36.4 Å². The number of pyridine rings is 1. The smallest absolute Gasteiger partial charge is 0.223 e. The van der Waals surface area contributed by atoms with Gasteiger partial charge in [0.05, 0.1) is 24.3 Å². The molecule has 7 heteroatoms. The second kappa shape index (κ2) is 9.23. The molecule has 1 aliphatic heterocycles. The number of hydrogen-bond donors (Lipinski definition) is 1. The molecule has 0 unspecified atom stereocenters. The van der Waals surface area contributed by atoms with E-state index in [0.717, 1.165) is 54.0 Å². The zero-order valence-electron chi connectivity index (χ0n) is 17.3. The Morgan fingerprint density at radius 3 is 2.65 bits per heavy atom. The number of rotatable bonds is 5. The number of anilines is 1. The summed E-state index contributed by atoms with van der Waals surface area (Å²) in [4.78, 5) is 19.5. The van der Waals surface area contributed by atoms with Crippen molar-refractivity contribution in [2.75, 3.05) is 25.1 Å². The molecule has 3 aromatic rings. The number of amides is 1. The van der Waals surface area contributed by atoms with Gasteiger partial charge in [-0.05, 0) is 54.8 Å². The van der Waals surface area contributed by atoms with Crippen molar-refractivity contribution in [2.24, 2.45) is 5.92 Å². The third kappa shape index (κ3) is 4.73. The van der Waals surface area contributed by atoms with E-state index in [9.17, 15) is 10.1 Å². The summed E-state index contributed by atoms with van der Waals surface area (Å²) in [5, 5.41) is 13.9. The Morgan fingerprint density at radius 1 is 1.23 bits per heavy atom. The van der Waals surface area contributed by atoms with Crippen LogP contribution in [0.25, 0.3) is 10.9 Å². The zero-order chi connectivity index (χ0) is 21.8. The summed E-state index contributed by atoms with van der Waals surface area (Å²) in [6.45, 7) is 1.94. The molecule has 1 amide bonds. The maximum absolute atomic E-state index is 12.6. The molecular weight excluding hydrogens is 412 g/mol. The van der Waals surface area contributed by atoms with Gasteiger partial charge in [-0.25, -0.2) is 4.98 Å². The van der Waals surface area contributed by atoms with Gasteiger partial charge in [-0.3, -0.25) is 4.79 Å². The molecule has 2 heterocycles. The van der Waals surface area contributed by atoms with Crippen LogP contribution in [0.2, 0.25) is 5.02 Å². The van der Waals surface area contributed by atoms with Crippen molar-refractivity contribution in [1.82, 2.24) is 10.3 Å². The molecule has 0 bridgehead atoms. The van der Waals surface area contributed by atoms with Crippen molar-refractivity contribution in [3.8, 4) is 11.8 Å². The van der Waals surface area contributed by atoms with Gasteiger partial charge in [-0.15, -0.1) is 0 Å². The summed E-state index contributed by atoms with van der Waals surface area (Å²) in [5.41, 5.74) is 2.34. The van der Waals surface area contributed by atoms with Gasteiger partial charge in [0.25, 0.3) is 0 Å². The van der Waals surface area contributed by atoms with Gasteiger partial charge in [0.15, 0.2) is 0 Å². The molecule has 1 saturated heterocycles. The van der Waals surface area contributed by atoms with Crippen LogP contribution in [0, 0.1) is 17.2 Å². The molecule has 0 atom stereocenters. The largest absolute Gasteiger partial charge is 0.497 e. The van der Waals surface area contributed by atoms with Gasteiger partial charge < -0.3 is 15.0 Å². The van der Waals surface area contributed by atoms with Crippen LogP contribution in [0.1, 0.15) is 24.0 Å². The van der Waals surface area contributed by atoms with Crippen molar-refractivity contribution < 1.29 is 9.53 Å². The van der Waals surface area contributed by atoms with Gasteiger partial charge in [-0.2, -0.15) is 5.26 Å². The molecule has 0 aliphatic carbocycles. The van der Waals surface area contributed by atoms with Gasteiger partial charge >= 0.3 is 0 Å². The SMILES string of the molecule is COc1ccc(CNC(=O)C2CCN(c3cc(C#N)c4cc(Cl)ccc4n3)CC2)cc1. The fraction of sp³-hybridized carbons (Fsp3) is 0.292. The Kier molecular flexibility index (Phi) is 6.24. The summed E-state index contributed by atoms with van der Waals surface area (Å²) in [5.74, 6) is 1.62. The van der Waals surface area contributed by atoms with Crippen LogP contribution < -0.4 is 15.0 Å². The monoisotopic (exact) mass is 434 g/mol. The van der Waals surface area contributed by atoms with Crippen molar-refractivity contribution in [1.29, 1.82) is 5.26 Å². The van der Waals surface area contributed by atoms with E-state index in [1.54, 1.807) is 19.2 Å². The lowest BCUT2D eigenvalue weighted by Crippen LogP contribution is -2.40. The molecule has 4 rings (SSSR count). The summed E-state index contributed by atoms with van der Waals surface area (Å²) >= 11 is 6.07. The molecule has 0 radical (unpaired) electrons. The zero-order valence-corrected chi connectivity index (χ0v) is 18.0. The average Bonchev–Trinajstić information content (AvgIpc) is 2.82. The number of piperidine rings is 1. The molecule has 2 aromatic carbocycles. The molecule has 1 aromatic heterocycles. The summed E-state index contributed by atoms with van der Waals surface area (Å²) in [6.07, 6.45) is 1.49. The number of aromatic nitrogens is 1. The number of carbonyl (C=O) groups is 1. The van der Waals surface area contributed by atoms with Crippen molar-refractivity contribution in [3.05, 3.63) is 64.7 Å². The maximum atomic E-state index is 12.6. The summed E-state index contributed by atoms with van der Waals surface area (Å²) < 4.78 is 5.16. The van der Waals surface area contributed by atoms with Crippen LogP contribution in [0.4, 0.5) is 5.82 Å². The first-order chi connectivity index (χ1) is 15.1. The van der Waals surface area contributed by atoms with Crippen molar-refractivity contribution in [3.63, 3.8) is 0 Å². The molecule has 0 saturated carbocycles. The van der Waals surface area contributed by atoms with Crippen LogP contribution in [0.15, 0.2) is 48.5 Å². The highest BCUT2D eigenvalue weighted by atomic mass is 35.5. The first-order valence-corrected chi connectivity index (χ1v) is 10.6. The number of benzene rings is 2. The number of ether oxygens (including phenoxy) is 1. The predicted molar refractivity (Wildman–Crippen MR) is 121 cm³/mol. The second-order valence-electron chi connectivity index (χ2n) is 7.63. The fourth-order valence-electron chi connectivity index (χ4n) is 3.89. The predicted octanol–water partition coefficient (Wildman–Crippen LogP) is 4.30. The number of nitrogens with one attached hydrogen (secondary N) is 1. The number of fused-ring (bicyclic) bond motifs is 1. The number of nitriles is 1. The Hall–Kier alpha value is -3.30. The molecule has 1 N–H and O–H groups in total. The lowest BCUT2D eigenvalue weighted by Gasteiger charge is -2.32. The van der Waals surface area contributed by atoms with E-state index in [0.29, 0.717) is 17.1 Å². The number of nitrogens with zero attached hydrogens (tertiary/aromatic N) is 3. The molecule has 158 valence electrons. The highest BCUT2D eigenvalue weighted by molar-refractivity contribution is 6.31. The minimum Gasteiger partial charge on any atom is -0.497 e. The topological polar surface area (TPSA) is 78.2 Å². The molecule has 0 spiro atoms. The molecule has 6 nitrogen and oxygen atoms in total. The molecule has 1 fully saturated rings. The van der Waals surface area contributed by atoms with E-state index < -0.39 is 0 Å². The van der Waals surface area contributed by atoms with Gasteiger partial charge in [0, 0.05) is 36.0 Å². The Bertz CT molecular complexity index is 1130. The van der Waals surface area contributed by atoms with Crippen LogP contribution >= 0.6 is 11.6 Å². The van der Waals surface area contributed by atoms with Crippen molar-refractivity contribution >= 4 is 34.2 Å². The number of hydrogen-bond acceptors (Lipinski definition) is 5. The van der Waals surface area contributed by atoms with Gasteiger partial charge in [0.2, 0.25) is 5.91 Å². The fourth-order valence-corrected chi connectivity index (χ4v) is 4.06. The van der Waals surface area contributed by atoms with E-state index in [-0.39, 0.29) is 11.8 Å². The number of methoxy groups -OCH3 is 1. The lowest BCUT2D eigenvalue weighted by molar-refractivity contribution is -0.125.